The van der Waals surface area contributed by atoms with Crippen molar-refractivity contribution >= 4 is 17.3 Å². The number of nitrogens with one attached hydrogen (secondary N) is 2. The number of hydrogen-bond donors (Lipinski definition) is 3. The Morgan fingerprint density at radius 2 is 2.12 bits per heavy atom. The molecule has 1 heterocycles. The number of aliphatic imine (C=N–C) groups is 1. The Kier molecular flexibility index (Phi) is 7.94. The van der Waals surface area contributed by atoms with Crippen molar-refractivity contribution in [3.63, 3.8) is 0 Å². The smallest absolute Gasteiger partial charge is 0.191 e. The van der Waals surface area contributed by atoms with Crippen LogP contribution in [-0.2, 0) is 12.1 Å². The third kappa shape index (κ3) is 6.35. The average Bonchev–Trinajstić information content (AvgIpc) is 3.18. The molecule has 1 aromatic heterocycles. The third-order valence-corrected chi connectivity index (χ3v) is 4.56. The minimum absolute atomic E-state index is 0.384. The minimum Gasteiger partial charge on any atom is -0.494 e. The fourth-order valence-electron chi connectivity index (χ4n) is 2.39. The van der Waals surface area contributed by atoms with Crippen molar-refractivity contribution in [2.24, 2.45) is 4.99 Å². The summed E-state index contributed by atoms with van der Waals surface area (Å²) in [5.74, 6) is 1.56. The van der Waals surface area contributed by atoms with E-state index in [1.165, 1.54) is 0 Å². The summed E-state index contributed by atoms with van der Waals surface area (Å²) in [6, 6.07) is 9.94. The summed E-state index contributed by atoms with van der Waals surface area (Å²) < 4.78 is 5.67. The molecule has 0 saturated heterocycles. The van der Waals surface area contributed by atoms with E-state index in [-0.39, 0.29) is 0 Å². The van der Waals surface area contributed by atoms with Crippen molar-refractivity contribution in [3.05, 3.63) is 52.2 Å². The lowest BCUT2D eigenvalue weighted by Gasteiger charge is -2.24. The first-order chi connectivity index (χ1) is 12.5. The quantitative estimate of drug-likeness (QED) is 0.464. The SMILES string of the molecule is CCCOc1cccc(CN=C(NCC)NCC(C)(O)c2ccsc2)c1. The van der Waals surface area contributed by atoms with E-state index < -0.39 is 5.60 Å². The number of guanidine groups is 1. The van der Waals surface area contributed by atoms with Crippen LogP contribution in [-0.4, -0.2) is 30.8 Å². The maximum absolute atomic E-state index is 10.6. The Bertz CT molecular complexity index is 684. The van der Waals surface area contributed by atoms with E-state index in [0.717, 1.165) is 29.8 Å². The van der Waals surface area contributed by atoms with Crippen LogP contribution < -0.4 is 15.4 Å². The lowest BCUT2D eigenvalue weighted by Crippen LogP contribution is -2.44. The van der Waals surface area contributed by atoms with Crippen LogP contribution in [0.5, 0.6) is 5.75 Å². The van der Waals surface area contributed by atoms with E-state index >= 15 is 0 Å². The molecule has 0 spiro atoms. The van der Waals surface area contributed by atoms with Gasteiger partial charge in [-0.05, 0) is 60.4 Å². The Morgan fingerprint density at radius 1 is 1.27 bits per heavy atom. The van der Waals surface area contributed by atoms with E-state index in [1.54, 1.807) is 18.3 Å². The van der Waals surface area contributed by atoms with E-state index in [4.69, 9.17) is 4.74 Å². The summed E-state index contributed by atoms with van der Waals surface area (Å²) in [5, 5.41) is 21.0. The number of thiophene rings is 1. The van der Waals surface area contributed by atoms with Crippen LogP contribution in [0.4, 0.5) is 0 Å². The molecule has 26 heavy (non-hydrogen) atoms. The van der Waals surface area contributed by atoms with Crippen LogP contribution in [0.1, 0.15) is 38.3 Å². The van der Waals surface area contributed by atoms with Gasteiger partial charge < -0.3 is 20.5 Å². The predicted molar refractivity (Wildman–Crippen MR) is 109 cm³/mol. The summed E-state index contributed by atoms with van der Waals surface area (Å²) in [7, 11) is 0. The van der Waals surface area contributed by atoms with Gasteiger partial charge in [0.25, 0.3) is 0 Å². The second-order valence-corrected chi connectivity index (χ2v) is 7.11. The highest BCUT2D eigenvalue weighted by molar-refractivity contribution is 7.08. The molecule has 6 heteroatoms. The van der Waals surface area contributed by atoms with Gasteiger partial charge in [0.1, 0.15) is 11.4 Å². The topological polar surface area (TPSA) is 65.9 Å². The van der Waals surface area contributed by atoms with Gasteiger partial charge in [-0.15, -0.1) is 0 Å². The summed E-state index contributed by atoms with van der Waals surface area (Å²) >= 11 is 1.58. The molecule has 1 atom stereocenters. The van der Waals surface area contributed by atoms with Crippen molar-refractivity contribution in [2.75, 3.05) is 19.7 Å². The van der Waals surface area contributed by atoms with Crippen molar-refractivity contribution in [1.82, 2.24) is 10.6 Å². The number of nitrogens with zero attached hydrogens (tertiary/aromatic N) is 1. The molecule has 0 bridgehead atoms. The predicted octanol–water partition coefficient (Wildman–Crippen LogP) is 3.50. The largest absolute Gasteiger partial charge is 0.494 e. The molecule has 0 amide bonds. The highest BCUT2D eigenvalue weighted by Crippen LogP contribution is 2.22. The van der Waals surface area contributed by atoms with Gasteiger partial charge in [0.05, 0.1) is 19.7 Å². The molecule has 0 aliphatic heterocycles. The first-order valence-corrected chi connectivity index (χ1v) is 9.98. The number of hydrogen-bond acceptors (Lipinski definition) is 4. The number of benzene rings is 1. The number of aliphatic hydroxyl groups is 1. The zero-order valence-electron chi connectivity index (χ0n) is 15.8. The Hall–Kier alpha value is -2.05. The van der Waals surface area contributed by atoms with Crippen LogP contribution in [0.3, 0.4) is 0 Å². The van der Waals surface area contributed by atoms with E-state index in [0.29, 0.717) is 25.7 Å². The summed E-state index contributed by atoms with van der Waals surface area (Å²) in [4.78, 5) is 4.62. The molecule has 3 N–H and O–H groups in total. The van der Waals surface area contributed by atoms with Gasteiger partial charge >= 0.3 is 0 Å². The van der Waals surface area contributed by atoms with Gasteiger partial charge in [-0.1, -0.05) is 19.1 Å². The fourth-order valence-corrected chi connectivity index (χ4v) is 3.18. The standard InChI is InChI=1S/C20H29N3O2S/c1-4-10-25-18-8-6-7-16(12-18)13-22-19(21-5-2)23-15-20(3,24)17-9-11-26-14-17/h6-9,11-12,14,24H,4-5,10,13,15H2,1-3H3,(H2,21,22,23). The van der Waals surface area contributed by atoms with Crippen molar-refractivity contribution in [3.8, 4) is 5.75 Å². The molecule has 0 aliphatic carbocycles. The minimum atomic E-state index is -0.940. The van der Waals surface area contributed by atoms with Gasteiger partial charge in [0.15, 0.2) is 5.96 Å². The van der Waals surface area contributed by atoms with Crippen LogP contribution in [0, 0.1) is 0 Å². The molecule has 0 fully saturated rings. The molecule has 1 unspecified atom stereocenters. The first-order valence-electron chi connectivity index (χ1n) is 9.04. The summed E-state index contributed by atoms with van der Waals surface area (Å²) in [5.41, 5.74) is 1.05. The number of ether oxygens (including phenoxy) is 1. The second kappa shape index (κ2) is 10.2. The van der Waals surface area contributed by atoms with E-state index in [1.807, 2.05) is 48.0 Å². The van der Waals surface area contributed by atoms with Crippen LogP contribution >= 0.6 is 11.3 Å². The van der Waals surface area contributed by atoms with E-state index in [2.05, 4.69) is 22.5 Å². The Morgan fingerprint density at radius 3 is 2.81 bits per heavy atom. The highest BCUT2D eigenvalue weighted by atomic mass is 32.1. The van der Waals surface area contributed by atoms with Crippen molar-refractivity contribution in [1.29, 1.82) is 0 Å². The van der Waals surface area contributed by atoms with Gasteiger partial charge in [0, 0.05) is 6.54 Å². The first kappa shape index (κ1) is 20.3. The summed E-state index contributed by atoms with van der Waals surface area (Å²) in [6.45, 7) is 8.32. The Labute approximate surface area is 160 Å². The zero-order chi connectivity index (χ0) is 18.8. The third-order valence-electron chi connectivity index (χ3n) is 3.88. The molecule has 2 aromatic rings. The number of rotatable bonds is 9. The van der Waals surface area contributed by atoms with Crippen LogP contribution in [0.15, 0.2) is 46.1 Å². The Balaban J connectivity index is 1.98. The van der Waals surface area contributed by atoms with Gasteiger partial charge in [0.2, 0.25) is 0 Å². The lowest BCUT2D eigenvalue weighted by molar-refractivity contribution is 0.0621. The highest BCUT2D eigenvalue weighted by Gasteiger charge is 2.23. The van der Waals surface area contributed by atoms with Gasteiger partial charge in [-0.3, -0.25) is 0 Å². The van der Waals surface area contributed by atoms with Gasteiger partial charge in [-0.2, -0.15) is 11.3 Å². The fraction of sp³-hybridized carbons (Fsp3) is 0.450. The molecule has 1 aromatic carbocycles. The molecular weight excluding hydrogens is 346 g/mol. The van der Waals surface area contributed by atoms with Gasteiger partial charge in [-0.25, -0.2) is 4.99 Å². The normalized spacial score (nSPS) is 13.9. The van der Waals surface area contributed by atoms with E-state index in [9.17, 15) is 5.11 Å². The average molecular weight is 376 g/mol. The maximum atomic E-state index is 10.6. The van der Waals surface area contributed by atoms with Crippen LogP contribution in [0.25, 0.3) is 0 Å². The molecule has 142 valence electrons. The monoisotopic (exact) mass is 375 g/mol. The summed E-state index contributed by atoms with van der Waals surface area (Å²) in [6.07, 6.45) is 0.987. The van der Waals surface area contributed by atoms with Crippen molar-refractivity contribution < 1.29 is 9.84 Å². The molecule has 0 saturated carbocycles. The lowest BCUT2D eigenvalue weighted by atomic mass is 9.99. The van der Waals surface area contributed by atoms with Crippen LogP contribution in [0.2, 0.25) is 0 Å². The molecule has 2 rings (SSSR count). The van der Waals surface area contributed by atoms with Crippen molar-refractivity contribution in [2.45, 2.75) is 39.3 Å². The zero-order valence-corrected chi connectivity index (χ0v) is 16.6. The molecule has 5 nitrogen and oxygen atoms in total. The molecule has 0 aliphatic rings. The maximum Gasteiger partial charge on any atom is 0.191 e. The molecule has 0 radical (unpaired) electrons. The molecular formula is C20H29N3O2S. The second-order valence-electron chi connectivity index (χ2n) is 6.33.